The van der Waals surface area contributed by atoms with E-state index in [-0.39, 0.29) is 12.9 Å². The van der Waals surface area contributed by atoms with E-state index in [9.17, 15) is 0 Å². The van der Waals surface area contributed by atoms with Crippen LogP contribution in [0.25, 0.3) is 0 Å². The predicted molar refractivity (Wildman–Crippen MR) is 59.2 cm³/mol. The van der Waals surface area contributed by atoms with Crippen molar-refractivity contribution in [3.05, 3.63) is 33.8 Å². The molecule has 1 aliphatic heterocycles. The third-order valence-electron chi connectivity index (χ3n) is 2.38. The predicted octanol–water partition coefficient (Wildman–Crippen LogP) is 2.20. The zero-order chi connectivity index (χ0) is 10.7. The van der Waals surface area contributed by atoms with Crippen LogP contribution in [0.2, 0.25) is 0 Å². The largest absolute Gasteiger partial charge is 0.396 e. The van der Waals surface area contributed by atoms with Crippen molar-refractivity contribution in [2.45, 2.75) is 25.9 Å². The molecule has 82 valence electrons. The normalized spacial score (nSPS) is 20.8. The average molecular weight is 273 g/mol. The smallest absolute Gasteiger partial charge is 0.160 e. The number of halogens is 1. The van der Waals surface area contributed by atoms with Gasteiger partial charge in [0.2, 0.25) is 0 Å². The summed E-state index contributed by atoms with van der Waals surface area (Å²) in [7, 11) is 0. The van der Waals surface area contributed by atoms with E-state index in [0.29, 0.717) is 19.6 Å². The molecule has 0 spiro atoms. The van der Waals surface area contributed by atoms with Gasteiger partial charge in [0.1, 0.15) is 0 Å². The fraction of sp³-hybridized carbons (Fsp3) is 0.455. The van der Waals surface area contributed by atoms with E-state index in [0.717, 1.165) is 15.6 Å². The summed E-state index contributed by atoms with van der Waals surface area (Å²) in [6.07, 6.45) is 0.232. The number of hydrogen-bond acceptors (Lipinski definition) is 3. The minimum atomic E-state index is -0.291. The van der Waals surface area contributed by atoms with Crippen molar-refractivity contribution in [3.63, 3.8) is 0 Å². The van der Waals surface area contributed by atoms with E-state index in [1.807, 2.05) is 18.2 Å². The maximum absolute atomic E-state index is 8.80. The lowest BCUT2D eigenvalue weighted by Gasteiger charge is -2.13. The Morgan fingerprint density at radius 2 is 2.00 bits per heavy atom. The van der Waals surface area contributed by atoms with Crippen LogP contribution >= 0.6 is 15.9 Å². The molecule has 1 heterocycles. The van der Waals surface area contributed by atoms with Gasteiger partial charge in [0.15, 0.2) is 6.29 Å². The molecule has 0 saturated carbocycles. The molecule has 1 unspecified atom stereocenters. The lowest BCUT2D eigenvalue weighted by molar-refractivity contribution is -0.156. The molecule has 1 aliphatic rings. The summed E-state index contributed by atoms with van der Waals surface area (Å²) in [5, 5.41) is 8.80. The van der Waals surface area contributed by atoms with Gasteiger partial charge in [-0.3, -0.25) is 0 Å². The van der Waals surface area contributed by atoms with Gasteiger partial charge in [-0.2, -0.15) is 0 Å². The second kappa shape index (κ2) is 5.07. The third kappa shape index (κ3) is 2.78. The van der Waals surface area contributed by atoms with Crippen LogP contribution in [0, 0.1) is 0 Å². The second-order valence-corrected chi connectivity index (χ2v) is 4.39. The first-order valence-corrected chi connectivity index (χ1v) is 5.70. The van der Waals surface area contributed by atoms with Crippen LogP contribution in [-0.4, -0.2) is 18.0 Å². The molecule has 0 bridgehead atoms. The van der Waals surface area contributed by atoms with Crippen molar-refractivity contribution in [2.24, 2.45) is 0 Å². The van der Waals surface area contributed by atoms with Gasteiger partial charge in [-0.25, -0.2) is 0 Å². The number of aliphatic hydroxyl groups excluding tert-OH is 1. The summed E-state index contributed by atoms with van der Waals surface area (Å²) in [6.45, 7) is 1.18. The Bertz CT molecular complexity index is 341. The van der Waals surface area contributed by atoms with Crippen LogP contribution in [0.1, 0.15) is 17.5 Å². The Labute approximate surface area is 97.1 Å². The first-order valence-electron chi connectivity index (χ1n) is 4.91. The monoisotopic (exact) mass is 272 g/mol. The maximum Gasteiger partial charge on any atom is 0.160 e. The molecule has 4 heteroatoms. The van der Waals surface area contributed by atoms with Crippen LogP contribution in [0.3, 0.4) is 0 Å². The van der Waals surface area contributed by atoms with Crippen molar-refractivity contribution in [1.29, 1.82) is 0 Å². The van der Waals surface area contributed by atoms with Gasteiger partial charge < -0.3 is 14.6 Å². The van der Waals surface area contributed by atoms with Gasteiger partial charge in [-0.05, 0) is 23.3 Å². The number of ether oxygens (including phenoxy) is 2. The number of rotatable bonds is 2. The topological polar surface area (TPSA) is 38.7 Å². The Hall–Kier alpha value is -0.420. The van der Waals surface area contributed by atoms with E-state index in [4.69, 9.17) is 14.6 Å². The number of hydrogen-bond donors (Lipinski definition) is 1. The lowest BCUT2D eigenvalue weighted by Crippen LogP contribution is -2.15. The summed E-state index contributed by atoms with van der Waals surface area (Å²) in [5.74, 6) is 0. The van der Waals surface area contributed by atoms with Gasteiger partial charge in [-0.15, -0.1) is 0 Å². The highest BCUT2D eigenvalue weighted by Gasteiger charge is 2.16. The summed E-state index contributed by atoms with van der Waals surface area (Å²) < 4.78 is 12.1. The summed E-state index contributed by atoms with van der Waals surface area (Å²) in [4.78, 5) is 0. The SMILES string of the molecule is OCCC1OCc2ccc(Br)cc2CO1. The molecule has 15 heavy (non-hydrogen) atoms. The lowest BCUT2D eigenvalue weighted by atomic mass is 10.1. The zero-order valence-electron chi connectivity index (χ0n) is 8.28. The first kappa shape index (κ1) is 11.1. The van der Waals surface area contributed by atoms with Crippen molar-refractivity contribution in [3.8, 4) is 0 Å². The molecule has 1 aromatic carbocycles. The Morgan fingerprint density at radius 1 is 1.27 bits per heavy atom. The molecule has 0 aliphatic carbocycles. The average Bonchev–Trinajstić information content (AvgIpc) is 2.42. The molecule has 0 aromatic heterocycles. The van der Waals surface area contributed by atoms with E-state index in [1.54, 1.807) is 0 Å². The minimum Gasteiger partial charge on any atom is -0.396 e. The van der Waals surface area contributed by atoms with Gasteiger partial charge in [0.05, 0.1) is 13.2 Å². The molecular formula is C11H13BrO3. The quantitative estimate of drug-likeness (QED) is 0.897. The van der Waals surface area contributed by atoms with Crippen LogP contribution in [-0.2, 0) is 22.7 Å². The Morgan fingerprint density at radius 3 is 2.73 bits per heavy atom. The molecule has 3 nitrogen and oxygen atoms in total. The van der Waals surface area contributed by atoms with Crippen LogP contribution in [0.4, 0.5) is 0 Å². The van der Waals surface area contributed by atoms with Gasteiger partial charge in [-0.1, -0.05) is 22.0 Å². The van der Waals surface area contributed by atoms with Crippen LogP contribution < -0.4 is 0 Å². The highest BCUT2D eigenvalue weighted by Crippen LogP contribution is 2.22. The molecule has 2 rings (SSSR count). The Kier molecular flexibility index (Phi) is 3.75. The number of benzene rings is 1. The van der Waals surface area contributed by atoms with Gasteiger partial charge in [0, 0.05) is 17.5 Å². The van der Waals surface area contributed by atoms with E-state index >= 15 is 0 Å². The first-order chi connectivity index (χ1) is 7.29. The molecule has 0 fully saturated rings. The second-order valence-electron chi connectivity index (χ2n) is 3.48. The molecule has 1 atom stereocenters. The molecule has 1 aromatic rings. The van der Waals surface area contributed by atoms with Crippen LogP contribution in [0.15, 0.2) is 22.7 Å². The van der Waals surface area contributed by atoms with E-state index in [1.165, 1.54) is 0 Å². The van der Waals surface area contributed by atoms with Crippen molar-refractivity contribution >= 4 is 15.9 Å². The van der Waals surface area contributed by atoms with Gasteiger partial charge in [0.25, 0.3) is 0 Å². The summed E-state index contributed by atoms with van der Waals surface area (Å²) in [6, 6.07) is 6.07. The summed E-state index contributed by atoms with van der Waals surface area (Å²) in [5.41, 5.74) is 2.29. The molecular weight excluding hydrogens is 260 g/mol. The maximum atomic E-state index is 8.80. The molecule has 0 amide bonds. The van der Waals surface area contributed by atoms with Crippen molar-refractivity contribution < 1.29 is 14.6 Å². The molecule has 0 radical (unpaired) electrons. The van der Waals surface area contributed by atoms with Crippen molar-refractivity contribution in [2.75, 3.05) is 6.61 Å². The number of aliphatic hydroxyl groups is 1. The minimum absolute atomic E-state index is 0.0880. The van der Waals surface area contributed by atoms with Crippen LogP contribution in [0.5, 0.6) is 0 Å². The standard InChI is InChI=1S/C11H13BrO3/c12-10-2-1-8-6-14-11(3-4-13)15-7-9(8)5-10/h1-2,5,11,13H,3-4,6-7H2. The zero-order valence-corrected chi connectivity index (χ0v) is 9.87. The molecule has 0 saturated heterocycles. The Balaban J connectivity index is 2.11. The fourth-order valence-electron chi connectivity index (χ4n) is 1.56. The highest BCUT2D eigenvalue weighted by atomic mass is 79.9. The van der Waals surface area contributed by atoms with E-state index in [2.05, 4.69) is 15.9 Å². The van der Waals surface area contributed by atoms with Gasteiger partial charge >= 0.3 is 0 Å². The van der Waals surface area contributed by atoms with Crippen molar-refractivity contribution in [1.82, 2.24) is 0 Å². The third-order valence-corrected chi connectivity index (χ3v) is 2.88. The molecule has 1 N–H and O–H groups in total. The number of fused-ring (bicyclic) bond motifs is 1. The summed E-state index contributed by atoms with van der Waals surface area (Å²) >= 11 is 3.43. The van der Waals surface area contributed by atoms with E-state index < -0.39 is 0 Å². The fourth-order valence-corrected chi connectivity index (χ4v) is 1.96. The highest BCUT2D eigenvalue weighted by molar-refractivity contribution is 9.10.